The van der Waals surface area contributed by atoms with Gasteiger partial charge in [-0.05, 0) is 5.56 Å². The molecular formula is C13H18NO7P. The smallest absolute Gasteiger partial charge is 0.407 e. The van der Waals surface area contributed by atoms with Crippen LogP contribution in [0.2, 0.25) is 0 Å². The lowest BCUT2D eigenvalue weighted by atomic mass is 10.2. The number of alkyl carbamates (subject to hydrolysis) is 1. The highest BCUT2D eigenvalue weighted by atomic mass is 31.2. The van der Waals surface area contributed by atoms with Gasteiger partial charge < -0.3 is 24.2 Å². The summed E-state index contributed by atoms with van der Waals surface area (Å²) < 4.78 is 26.3. The van der Waals surface area contributed by atoms with E-state index in [4.69, 9.17) is 9.84 Å². The van der Waals surface area contributed by atoms with E-state index in [0.717, 1.165) is 19.8 Å². The first-order chi connectivity index (χ1) is 10.4. The second-order valence-corrected chi connectivity index (χ2v) is 6.63. The third-order valence-corrected chi connectivity index (χ3v) is 5.01. The number of carboxylic acid groups (broad SMARTS) is 1. The zero-order chi connectivity index (χ0) is 16.6. The van der Waals surface area contributed by atoms with E-state index in [-0.39, 0.29) is 6.61 Å². The Labute approximate surface area is 127 Å². The largest absolute Gasteiger partial charge is 0.481 e. The van der Waals surface area contributed by atoms with Crippen LogP contribution in [-0.4, -0.2) is 43.6 Å². The number of aliphatic carboxylic acids is 1. The van der Waals surface area contributed by atoms with Gasteiger partial charge in [0.05, 0.1) is 0 Å². The number of benzene rings is 1. The molecule has 0 radical (unpaired) electrons. The molecule has 0 bridgehead atoms. The van der Waals surface area contributed by atoms with Crippen molar-refractivity contribution < 1.29 is 33.0 Å². The number of carbonyl (C=O) groups is 2. The predicted molar refractivity (Wildman–Crippen MR) is 77.7 cm³/mol. The summed E-state index contributed by atoms with van der Waals surface area (Å²) in [5.74, 6) is -1.41. The summed E-state index contributed by atoms with van der Waals surface area (Å²) in [5, 5.41) is 11.3. The maximum atomic E-state index is 12.1. The van der Waals surface area contributed by atoms with E-state index in [1.54, 1.807) is 24.3 Å². The van der Waals surface area contributed by atoms with Crippen LogP contribution in [0.25, 0.3) is 0 Å². The van der Waals surface area contributed by atoms with Gasteiger partial charge in [0.15, 0.2) is 5.66 Å². The molecule has 122 valence electrons. The summed E-state index contributed by atoms with van der Waals surface area (Å²) >= 11 is 0. The Morgan fingerprint density at radius 1 is 1.23 bits per heavy atom. The SMILES string of the molecule is COP(=O)(OC)C(CNC(=O)OCc1ccccc1)C(=O)O. The molecule has 2 N–H and O–H groups in total. The topological polar surface area (TPSA) is 111 Å². The minimum atomic E-state index is -3.85. The van der Waals surface area contributed by atoms with Crippen molar-refractivity contribution in [3.05, 3.63) is 35.9 Å². The molecule has 9 heteroatoms. The van der Waals surface area contributed by atoms with E-state index < -0.39 is 31.9 Å². The van der Waals surface area contributed by atoms with Crippen LogP contribution in [0.4, 0.5) is 4.79 Å². The molecule has 0 aliphatic heterocycles. The lowest BCUT2D eigenvalue weighted by molar-refractivity contribution is -0.136. The summed E-state index contributed by atoms with van der Waals surface area (Å²) in [6.45, 7) is -0.404. The fourth-order valence-corrected chi connectivity index (χ4v) is 2.86. The molecule has 0 saturated carbocycles. The molecule has 0 aliphatic carbocycles. The molecule has 1 aromatic carbocycles. The summed E-state index contributed by atoms with van der Waals surface area (Å²) in [6, 6.07) is 8.97. The highest BCUT2D eigenvalue weighted by Gasteiger charge is 2.40. The zero-order valence-corrected chi connectivity index (χ0v) is 13.1. The fourth-order valence-electron chi connectivity index (χ4n) is 1.62. The maximum absolute atomic E-state index is 12.1. The summed E-state index contributed by atoms with van der Waals surface area (Å²) in [5.41, 5.74) is -0.737. The Morgan fingerprint density at radius 3 is 2.32 bits per heavy atom. The van der Waals surface area contributed by atoms with E-state index in [1.807, 2.05) is 6.07 Å². The Kier molecular flexibility index (Phi) is 7.04. The number of carbonyl (C=O) groups excluding carboxylic acids is 1. The van der Waals surface area contributed by atoms with Gasteiger partial charge in [-0.3, -0.25) is 9.36 Å². The van der Waals surface area contributed by atoms with Crippen LogP contribution in [0.5, 0.6) is 0 Å². The quantitative estimate of drug-likeness (QED) is 0.699. The van der Waals surface area contributed by atoms with Crippen LogP contribution < -0.4 is 5.32 Å². The van der Waals surface area contributed by atoms with Crippen molar-refractivity contribution in [1.82, 2.24) is 5.32 Å². The van der Waals surface area contributed by atoms with Crippen molar-refractivity contribution in [3.8, 4) is 0 Å². The number of nitrogens with one attached hydrogen (secondary N) is 1. The summed E-state index contributed by atoms with van der Waals surface area (Å²) in [4.78, 5) is 22.7. The van der Waals surface area contributed by atoms with Gasteiger partial charge in [0, 0.05) is 20.8 Å². The zero-order valence-electron chi connectivity index (χ0n) is 12.2. The first kappa shape index (κ1) is 18.2. The third kappa shape index (κ3) is 5.14. The van der Waals surface area contributed by atoms with Gasteiger partial charge >= 0.3 is 19.7 Å². The molecule has 0 heterocycles. The normalized spacial score (nSPS) is 12.5. The standard InChI is InChI=1S/C13H18NO7P/c1-19-22(18,20-2)11(12(15)16)8-14-13(17)21-9-10-6-4-3-5-7-10/h3-7,11H,8-9H2,1-2H3,(H,14,17)(H,15,16). The van der Waals surface area contributed by atoms with Crippen LogP contribution in [0.1, 0.15) is 5.56 Å². The predicted octanol–water partition coefficient (Wildman–Crippen LogP) is 1.85. The molecule has 0 aromatic heterocycles. The Hall–Kier alpha value is -1.89. The molecule has 0 fully saturated rings. The third-order valence-electron chi connectivity index (χ3n) is 2.83. The Bertz CT molecular complexity index is 541. The fraction of sp³-hybridized carbons (Fsp3) is 0.385. The highest BCUT2D eigenvalue weighted by Crippen LogP contribution is 2.51. The summed E-state index contributed by atoms with van der Waals surface area (Å²) in [7, 11) is -1.70. The van der Waals surface area contributed by atoms with Crippen LogP contribution in [0.3, 0.4) is 0 Å². The minimum Gasteiger partial charge on any atom is -0.481 e. The van der Waals surface area contributed by atoms with Crippen LogP contribution in [0.15, 0.2) is 30.3 Å². The number of rotatable bonds is 8. The second kappa shape index (κ2) is 8.53. The van der Waals surface area contributed by atoms with E-state index >= 15 is 0 Å². The van der Waals surface area contributed by atoms with Crippen molar-refractivity contribution in [2.75, 3.05) is 20.8 Å². The molecule has 1 rings (SSSR count). The van der Waals surface area contributed by atoms with Crippen molar-refractivity contribution in [2.45, 2.75) is 12.3 Å². The molecule has 22 heavy (non-hydrogen) atoms. The van der Waals surface area contributed by atoms with E-state index in [0.29, 0.717) is 0 Å². The molecule has 0 saturated heterocycles. The maximum Gasteiger partial charge on any atom is 0.407 e. The van der Waals surface area contributed by atoms with Gasteiger partial charge in [0.25, 0.3) is 0 Å². The summed E-state index contributed by atoms with van der Waals surface area (Å²) in [6.07, 6.45) is -0.825. The molecule has 8 nitrogen and oxygen atoms in total. The van der Waals surface area contributed by atoms with Crippen LogP contribution >= 0.6 is 7.60 Å². The first-order valence-electron chi connectivity index (χ1n) is 6.31. The Morgan fingerprint density at radius 2 is 1.82 bits per heavy atom. The number of hydrogen-bond acceptors (Lipinski definition) is 6. The molecule has 1 atom stereocenters. The lowest BCUT2D eigenvalue weighted by Gasteiger charge is -2.20. The number of carboxylic acids is 1. The van der Waals surface area contributed by atoms with Gasteiger partial charge in [0.1, 0.15) is 6.61 Å². The van der Waals surface area contributed by atoms with Crippen molar-refractivity contribution in [1.29, 1.82) is 0 Å². The molecule has 0 spiro atoms. The van der Waals surface area contributed by atoms with Gasteiger partial charge in [-0.1, -0.05) is 30.3 Å². The van der Waals surface area contributed by atoms with Gasteiger partial charge in [-0.25, -0.2) is 4.79 Å². The number of hydrogen-bond donors (Lipinski definition) is 2. The van der Waals surface area contributed by atoms with Crippen molar-refractivity contribution in [2.24, 2.45) is 0 Å². The molecule has 1 aromatic rings. The second-order valence-electron chi connectivity index (χ2n) is 4.20. The molecule has 0 aliphatic rings. The monoisotopic (exact) mass is 331 g/mol. The average Bonchev–Trinajstić information content (AvgIpc) is 2.53. The van der Waals surface area contributed by atoms with E-state index in [2.05, 4.69) is 14.4 Å². The van der Waals surface area contributed by atoms with E-state index in [1.165, 1.54) is 0 Å². The molecular weight excluding hydrogens is 313 g/mol. The lowest BCUT2D eigenvalue weighted by Crippen LogP contribution is -2.37. The minimum absolute atomic E-state index is 0.0383. The molecule has 1 amide bonds. The first-order valence-corrected chi connectivity index (χ1v) is 7.92. The van der Waals surface area contributed by atoms with Gasteiger partial charge in [0.2, 0.25) is 0 Å². The number of ether oxygens (including phenoxy) is 1. The highest BCUT2D eigenvalue weighted by molar-refractivity contribution is 7.55. The van der Waals surface area contributed by atoms with Crippen molar-refractivity contribution in [3.63, 3.8) is 0 Å². The average molecular weight is 331 g/mol. The van der Waals surface area contributed by atoms with Gasteiger partial charge in [-0.2, -0.15) is 0 Å². The Balaban J connectivity index is 2.53. The molecule has 1 unspecified atom stereocenters. The van der Waals surface area contributed by atoms with Crippen molar-refractivity contribution >= 4 is 19.7 Å². The number of amides is 1. The van der Waals surface area contributed by atoms with Crippen LogP contribution in [0, 0.1) is 0 Å². The van der Waals surface area contributed by atoms with E-state index in [9.17, 15) is 14.2 Å². The van der Waals surface area contributed by atoms with Gasteiger partial charge in [-0.15, -0.1) is 0 Å². The van der Waals surface area contributed by atoms with Crippen LogP contribution in [-0.2, 0) is 29.8 Å².